The fraction of sp³-hybridized carbons (Fsp3) is 0.467. The van der Waals surface area contributed by atoms with Crippen LogP contribution in [0.1, 0.15) is 20.8 Å². The fourth-order valence-electron chi connectivity index (χ4n) is 2.08. The Kier molecular flexibility index (Phi) is 5.33. The summed E-state index contributed by atoms with van der Waals surface area (Å²) in [5.74, 6) is 0.411. The summed E-state index contributed by atoms with van der Waals surface area (Å²) in [7, 11) is 0. The van der Waals surface area contributed by atoms with E-state index in [0.717, 1.165) is 0 Å². The number of nitrogens with zero attached hydrogens (tertiary/aromatic N) is 2. The number of benzene rings is 1. The molecule has 1 fully saturated rings. The number of nitrogens with one attached hydrogen (secondary N) is 1. The molecule has 2 amide bonds. The molecule has 1 aromatic carbocycles. The van der Waals surface area contributed by atoms with Crippen LogP contribution in [0.5, 0.6) is 0 Å². The first-order chi connectivity index (χ1) is 11.2. The van der Waals surface area contributed by atoms with Crippen LogP contribution in [0.3, 0.4) is 0 Å². The smallest absolute Gasteiger partial charge is 0.411 e. The highest BCUT2D eigenvalue weighted by molar-refractivity contribution is 7.99. The molecule has 1 saturated heterocycles. The van der Waals surface area contributed by atoms with Crippen LogP contribution in [0.4, 0.5) is 16.2 Å². The molecule has 8 nitrogen and oxygen atoms in total. The van der Waals surface area contributed by atoms with Crippen LogP contribution in [0.15, 0.2) is 24.3 Å². The van der Waals surface area contributed by atoms with Gasteiger partial charge in [-0.05, 0) is 26.8 Å². The van der Waals surface area contributed by atoms with E-state index in [9.17, 15) is 19.7 Å². The lowest BCUT2D eigenvalue weighted by atomic mass is 10.2. The monoisotopic (exact) mass is 353 g/mol. The quantitative estimate of drug-likeness (QED) is 0.662. The molecule has 1 heterocycles. The van der Waals surface area contributed by atoms with Crippen molar-refractivity contribution in [1.82, 2.24) is 4.90 Å². The zero-order valence-corrected chi connectivity index (χ0v) is 14.5. The fourth-order valence-corrected chi connectivity index (χ4v) is 3.23. The zero-order valence-electron chi connectivity index (χ0n) is 13.6. The molecule has 1 N–H and O–H groups in total. The second-order valence-electron chi connectivity index (χ2n) is 6.26. The van der Waals surface area contributed by atoms with Gasteiger partial charge in [0.05, 0.1) is 10.8 Å². The molecule has 0 aliphatic carbocycles. The van der Waals surface area contributed by atoms with Gasteiger partial charge in [-0.1, -0.05) is 6.07 Å². The molecule has 2 rings (SSSR count). The largest absolute Gasteiger partial charge is 0.444 e. The number of hydrogen-bond donors (Lipinski definition) is 1. The summed E-state index contributed by atoms with van der Waals surface area (Å²) in [6.07, 6.45) is -0.549. The molecule has 1 aliphatic rings. The van der Waals surface area contributed by atoms with Gasteiger partial charge in [0, 0.05) is 23.6 Å². The third-order valence-corrected chi connectivity index (χ3v) is 4.15. The van der Waals surface area contributed by atoms with Gasteiger partial charge in [-0.25, -0.2) is 4.79 Å². The summed E-state index contributed by atoms with van der Waals surface area (Å²) in [4.78, 5) is 36.2. The second-order valence-corrected chi connectivity index (χ2v) is 7.26. The number of carbonyl (C=O) groups excluding carboxylic acids is 2. The highest BCUT2D eigenvalue weighted by atomic mass is 32.2. The number of non-ortho nitro benzene ring substituents is 1. The van der Waals surface area contributed by atoms with Gasteiger partial charge >= 0.3 is 6.09 Å². The average Bonchev–Trinajstić information content (AvgIpc) is 2.95. The molecule has 0 spiro atoms. The summed E-state index contributed by atoms with van der Waals surface area (Å²) in [6.45, 7) is 5.27. The van der Waals surface area contributed by atoms with Crippen molar-refractivity contribution in [2.75, 3.05) is 16.9 Å². The van der Waals surface area contributed by atoms with Crippen molar-refractivity contribution in [3.05, 3.63) is 34.4 Å². The van der Waals surface area contributed by atoms with Crippen LogP contribution in [0.2, 0.25) is 0 Å². The Labute approximate surface area is 143 Å². The van der Waals surface area contributed by atoms with Gasteiger partial charge in [-0.15, -0.1) is 11.8 Å². The van der Waals surface area contributed by atoms with E-state index in [0.29, 0.717) is 17.3 Å². The highest BCUT2D eigenvalue weighted by Gasteiger charge is 2.37. The number of anilines is 1. The van der Waals surface area contributed by atoms with E-state index in [4.69, 9.17) is 4.74 Å². The van der Waals surface area contributed by atoms with Crippen molar-refractivity contribution >= 4 is 35.1 Å². The van der Waals surface area contributed by atoms with E-state index >= 15 is 0 Å². The summed E-state index contributed by atoms with van der Waals surface area (Å²) in [6, 6.07) is 4.99. The first-order valence-electron chi connectivity index (χ1n) is 7.30. The third kappa shape index (κ3) is 4.60. The topological polar surface area (TPSA) is 102 Å². The van der Waals surface area contributed by atoms with Crippen molar-refractivity contribution in [2.45, 2.75) is 32.4 Å². The Morgan fingerprint density at radius 1 is 1.42 bits per heavy atom. The number of nitro benzene ring substituents is 1. The molecule has 0 bridgehead atoms. The first kappa shape index (κ1) is 18.1. The van der Waals surface area contributed by atoms with Gasteiger partial charge in [-0.2, -0.15) is 0 Å². The minimum Gasteiger partial charge on any atom is -0.444 e. The van der Waals surface area contributed by atoms with Crippen LogP contribution in [-0.2, 0) is 9.53 Å². The van der Waals surface area contributed by atoms with Gasteiger partial charge in [0.2, 0.25) is 5.91 Å². The van der Waals surface area contributed by atoms with Crippen molar-refractivity contribution in [3.8, 4) is 0 Å². The van der Waals surface area contributed by atoms with Gasteiger partial charge in [0.25, 0.3) is 5.69 Å². The molecular formula is C15H19N3O5S. The average molecular weight is 353 g/mol. The predicted molar refractivity (Wildman–Crippen MR) is 90.9 cm³/mol. The molecule has 130 valence electrons. The first-order valence-corrected chi connectivity index (χ1v) is 8.45. The predicted octanol–water partition coefficient (Wildman–Crippen LogP) is 2.84. The van der Waals surface area contributed by atoms with Crippen LogP contribution in [0, 0.1) is 10.1 Å². The third-order valence-electron chi connectivity index (χ3n) is 3.14. The Bertz CT molecular complexity index is 659. The lowest BCUT2D eigenvalue weighted by Gasteiger charge is -2.27. The molecule has 1 aromatic rings. The molecule has 1 atom stereocenters. The maximum atomic E-state index is 12.4. The van der Waals surface area contributed by atoms with E-state index in [2.05, 4.69) is 5.32 Å². The van der Waals surface area contributed by atoms with Crippen molar-refractivity contribution in [1.29, 1.82) is 0 Å². The number of hydrogen-bond acceptors (Lipinski definition) is 6. The maximum Gasteiger partial charge on any atom is 0.411 e. The maximum absolute atomic E-state index is 12.4. The van der Waals surface area contributed by atoms with Crippen LogP contribution >= 0.6 is 11.8 Å². The van der Waals surface area contributed by atoms with E-state index in [1.165, 1.54) is 34.9 Å². The summed E-state index contributed by atoms with van der Waals surface area (Å²) >= 11 is 1.45. The normalized spacial score (nSPS) is 17.5. The standard InChI is InChI=1S/C15H19N3O5S/c1-15(2,3)23-14(20)17-9-24-8-12(17)13(19)16-10-5-4-6-11(7-10)18(21)22/h4-7,12H,8-9H2,1-3H3,(H,16,19). The molecule has 0 aromatic heterocycles. The number of ether oxygens (including phenoxy) is 1. The van der Waals surface area contributed by atoms with Crippen molar-refractivity contribution < 1.29 is 19.2 Å². The lowest BCUT2D eigenvalue weighted by Crippen LogP contribution is -2.46. The number of carbonyl (C=O) groups is 2. The van der Waals surface area contributed by atoms with Gasteiger partial charge < -0.3 is 10.1 Å². The summed E-state index contributed by atoms with van der Waals surface area (Å²) < 4.78 is 5.31. The number of thioether (sulfide) groups is 1. The zero-order chi connectivity index (χ0) is 17.9. The van der Waals surface area contributed by atoms with Crippen LogP contribution in [-0.4, -0.2) is 45.1 Å². The van der Waals surface area contributed by atoms with Crippen LogP contribution < -0.4 is 5.32 Å². The molecule has 1 aliphatic heterocycles. The second kappa shape index (κ2) is 7.08. The Balaban J connectivity index is 2.07. The molecule has 9 heteroatoms. The minimum absolute atomic E-state index is 0.113. The lowest BCUT2D eigenvalue weighted by molar-refractivity contribution is -0.384. The van der Waals surface area contributed by atoms with E-state index in [1.54, 1.807) is 26.8 Å². The molecule has 0 radical (unpaired) electrons. The Hall–Kier alpha value is -2.29. The van der Waals surface area contributed by atoms with E-state index < -0.39 is 28.6 Å². The van der Waals surface area contributed by atoms with E-state index in [-0.39, 0.29) is 5.69 Å². The molecule has 0 saturated carbocycles. The molecule has 24 heavy (non-hydrogen) atoms. The van der Waals surface area contributed by atoms with Crippen molar-refractivity contribution in [3.63, 3.8) is 0 Å². The SMILES string of the molecule is CC(C)(C)OC(=O)N1CSCC1C(=O)Nc1cccc([N+](=O)[O-])c1. The minimum atomic E-state index is -0.677. The van der Waals surface area contributed by atoms with Gasteiger partial charge in [0.15, 0.2) is 0 Å². The molecule has 1 unspecified atom stereocenters. The number of nitro groups is 1. The van der Waals surface area contributed by atoms with Crippen molar-refractivity contribution in [2.24, 2.45) is 0 Å². The van der Waals surface area contributed by atoms with E-state index in [1.807, 2.05) is 0 Å². The van der Waals surface area contributed by atoms with Gasteiger partial charge in [0.1, 0.15) is 11.6 Å². The van der Waals surface area contributed by atoms with Crippen LogP contribution in [0.25, 0.3) is 0 Å². The molecular weight excluding hydrogens is 334 g/mol. The number of rotatable bonds is 3. The number of amides is 2. The highest BCUT2D eigenvalue weighted by Crippen LogP contribution is 2.25. The summed E-state index contributed by atoms with van der Waals surface area (Å²) in [5.41, 5.74) is -0.446. The Morgan fingerprint density at radius 2 is 2.12 bits per heavy atom. The summed E-state index contributed by atoms with van der Waals surface area (Å²) in [5, 5.41) is 13.4. The Morgan fingerprint density at radius 3 is 2.75 bits per heavy atom. The van der Waals surface area contributed by atoms with Gasteiger partial charge in [-0.3, -0.25) is 19.8 Å².